The Hall–Kier alpha value is -2.35. The summed E-state index contributed by atoms with van der Waals surface area (Å²) in [5.41, 5.74) is 1.46. The Labute approximate surface area is 159 Å². The minimum Gasteiger partial charge on any atom is -0.377 e. The van der Waals surface area contributed by atoms with E-state index in [2.05, 4.69) is 11.5 Å². The van der Waals surface area contributed by atoms with Gasteiger partial charge in [0.15, 0.2) is 10.6 Å². The Morgan fingerprint density at radius 1 is 1.22 bits per heavy atom. The summed E-state index contributed by atoms with van der Waals surface area (Å²) < 4.78 is 32.9. The predicted molar refractivity (Wildman–Crippen MR) is 102 cm³/mol. The molecular weight excluding hydrogens is 368 g/mol. The Morgan fingerprint density at radius 3 is 2.74 bits per heavy atom. The quantitative estimate of drug-likeness (QED) is 0.276. The normalized spacial score (nSPS) is 13.5. The van der Waals surface area contributed by atoms with E-state index in [-0.39, 0.29) is 0 Å². The molecule has 8 heteroatoms. The molecule has 0 fully saturated rings. The van der Waals surface area contributed by atoms with Crippen molar-refractivity contribution in [2.24, 2.45) is 0 Å². The number of hydrogen-bond acceptors (Lipinski definition) is 5. The number of rotatable bonds is 9. The number of nitro benzene ring substituents is 1. The van der Waals surface area contributed by atoms with E-state index in [4.69, 9.17) is 4.18 Å². The summed E-state index contributed by atoms with van der Waals surface area (Å²) >= 11 is 0. The van der Waals surface area contributed by atoms with E-state index >= 15 is 0 Å². The minimum atomic E-state index is -4.28. The largest absolute Gasteiger partial charge is 0.377 e. The highest BCUT2D eigenvalue weighted by Gasteiger charge is 2.30. The Morgan fingerprint density at radius 2 is 2.00 bits per heavy atom. The zero-order chi connectivity index (χ0) is 19.4. The fourth-order valence-corrected chi connectivity index (χ4v) is 4.67. The van der Waals surface area contributed by atoms with Gasteiger partial charge in [0, 0.05) is 24.4 Å². The maximum atomic E-state index is 12.7. The van der Waals surface area contributed by atoms with Gasteiger partial charge in [-0.05, 0) is 31.7 Å². The summed E-state index contributed by atoms with van der Waals surface area (Å²) in [6.07, 6.45) is 7.10. The van der Waals surface area contributed by atoms with Crippen LogP contribution in [0.5, 0.6) is 5.75 Å². The predicted octanol–water partition coefficient (Wildman–Crippen LogP) is 4.23. The molecule has 7 nitrogen and oxygen atoms in total. The topological polar surface area (TPSA) is 91.4 Å². The first kappa shape index (κ1) is 19.4. The number of nitrogens with zero attached hydrogens (tertiary/aromatic N) is 2. The van der Waals surface area contributed by atoms with Gasteiger partial charge >= 0.3 is 10.1 Å². The van der Waals surface area contributed by atoms with Gasteiger partial charge in [0.25, 0.3) is 5.69 Å². The number of benzene rings is 1. The van der Waals surface area contributed by atoms with Crippen molar-refractivity contribution in [3.63, 3.8) is 0 Å². The van der Waals surface area contributed by atoms with Crippen LogP contribution in [0.4, 0.5) is 5.69 Å². The molecule has 0 aliphatic carbocycles. The third-order valence-corrected chi connectivity index (χ3v) is 6.15. The lowest BCUT2D eigenvalue weighted by Gasteiger charge is -2.07. The summed E-state index contributed by atoms with van der Waals surface area (Å²) in [7, 11) is -4.28. The Kier molecular flexibility index (Phi) is 5.84. The van der Waals surface area contributed by atoms with Crippen LogP contribution >= 0.6 is 0 Å². The standard InChI is InChI=1S/C19H24N2O5S/c1-2-3-4-5-9-15-14-18(16-11-8-13-20(15)16)26-27(24,25)19-12-7-6-10-17(19)21(22)23/h6-7,10,12,14H,2-5,8-9,11,13H2,1H3. The van der Waals surface area contributed by atoms with Crippen LogP contribution < -0.4 is 4.18 Å². The van der Waals surface area contributed by atoms with Crippen molar-refractivity contribution in [2.75, 3.05) is 0 Å². The van der Waals surface area contributed by atoms with Gasteiger partial charge in [-0.1, -0.05) is 38.3 Å². The molecule has 146 valence electrons. The van der Waals surface area contributed by atoms with Gasteiger partial charge in [-0.2, -0.15) is 8.42 Å². The van der Waals surface area contributed by atoms with Crippen LogP contribution in [0.1, 0.15) is 50.4 Å². The highest BCUT2D eigenvalue weighted by molar-refractivity contribution is 7.87. The van der Waals surface area contributed by atoms with Crippen molar-refractivity contribution in [3.05, 3.63) is 51.8 Å². The lowest BCUT2D eigenvalue weighted by Crippen LogP contribution is -2.12. The summed E-state index contributed by atoms with van der Waals surface area (Å²) in [5.74, 6) is 0.302. The first-order valence-electron chi connectivity index (χ1n) is 9.33. The van der Waals surface area contributed by atoms with E-state index in [1.165, 1.54) is 30.7 Å². The molecule has 1 aromatic heterocycles. The number of aromatic nitrogens is 1. The average Bonchev–Trinajstić information content (AvgIpc) is 3.23. The molecule has 0 atom stereocenters. The third kappa shape index (κ3) is 4.16. The van der Waals surface area contributed by atoms with E-state index in [0.29, 0.717) is 5.75 Å². The summed E-state index contributed by atoms with van der Waals surface area (Å²) in [6, 6.07) is 7.04. The van der Waals surface area contributed by atoms with Crippen LogP contribution in [0.25, 0.3) is 0 Å². The monoisotopic (exact) mass is 392 g/mol. The zero-order valence-electron chi connectivity index (χ0n) is 15.4. The summed E-state index contributed by atoms with van der Waals surface area (Å²) in [4.78, 5) is 10.0. The van der Waals surface area contributed by atoms with Crippen molar-refractivity contribution < 1.29 is 17.5 Å². The van der Waals surface area contributed by atoms with Crippen LogP contribution in [0.15, 0.2) is 35.2 Å². The molecule has 1 aromatic carbocycles. The summed E-state index contributed by atoms with van der Waals surface area (Å²) in [6.45, 7) is 3.02. The van der Waals surface area contributed by atoms with Gasteiger partial charge in [0.1, 0.15) is 0 Å². The van der Waals surface area contributed by atoms with Crippen LogP contribution in [0.3, 0.4) is 0 Å². The van der Waals surface area contributed by atoms with Gasteiger partial charge < -0.3 is 8.75 Å². The average molecular weight is 392 g/mol. The molecule has 0 spiro atoms. The second-order valence-corrected chi connectivity index (χ2v) is 8.29. The molecule has 0 bridgehead atoms. The van der Waals surface area contributed by atoms with E-state index < -0.39 is 25.6 Å². The van der Waals surface area contributed by atoms with Gasteiger partial charge in [0.05, 0.1) is 10.6 Å². The SMILES string of the molecule is CCCCCCc1cc(OS(=O)(=O)c2ccccc2[N+](=O)[O-])c2n1CCC2. The van der Waals surface area contributed by atoms with Crippen LogP contribution in [0.2, 0.25) is 0 Å². The first-order valence-corrected chi connectivity index (χ1v) is 10.7. The van der Waals surface area contributed by atoms with Crippen LogP contribution in [-0.2, 0) is 29.5 Å². The van der Waals surface area contributed by atoms with E-state index in [1.807, 2.05) is 0 Å². The maximum absolute atomic E-state index is 12.7. The van der Waals surface area contributed by atoms with Gasteiger partial charge in [-0.25, -0.2) is 0 Å². The number of nitro groups is 1. The number of hydrogen-bond donors (Lipinski definition) is 0. The molecule has 1 aliphatic heterocycles. The van der Waals surface area contributed by atoms with E-state index in [0.717, 1.165) is 56.5 Å². The fourth-order valence-electron chi connectivity index (χ4n) is 3.55. The molecule has 0 saturated heterocycles. The van der Waals surface area contributed by atoms with Gasteiger partial charge in [0.2, 0.25) is 0 Å². The Balaban J connectivity index is 1.86. The number of fused-ring (bicyclic) bond motifs is 1. The Bertz CT molecular complexity index is 934. The van der Waals surface area contributed by atoms with Crippen molar-refractivity contribution >= 4 is 15.8 Å². The highest BCUT2D eigenvalue weighted by Crippen LogP contribution is 2.34. The van der Waals surface area contributed by atoms with Crippen molar-refractivity contribution in [2.45, 2.75) is 63.3 Å². The molecule has 1 aliphatic rings. The lowest BCUT2D eigenvalue weighted by atomic mass is 10.1. The number of unbranched alkanes of at least 4 members (excludes halogenated alkanes) is 3. The van der Waals surface area contributed by atoms with Crippen molar-refractivity contribution in [1.82, 2.24) is 4.57 Å². The fraction of sp³-hybridized carbons (Fsp3) is 0.474. The van der Waals surface area contributed by atoms with Crippen LogP contribution in [-0.4, -0.2) is 17.9 Å². The second-order valence-electron chi connectivity index (χ2n) is 6.77. The molecule has 3 rings (SSSR count). The molecule has 0 N–H and O–H groups in total. The smallest absolute Gasteiger partial charge is 0.346 e. The second kappa shape index (κ2) is 8.12. The van der Waals surface area contributed by atoms with Gasteiger partial charge in [-0.15, -0.1) is 0 Å². The molecule has 0 unspecified atom stereocenters. The molecule has 27 heavy (non-hydrogen) atoms. The van der Waals surface area contributed by atoms with Crippen molar-refractivity contribution in [3.8, 4) is 5.75 Å². The highest BCUT2D eigenvalue weighted by atomic mass is 32.2. The first-order chi connectivity index (χ1) is 12.9. The number of para-hydroxylation sites is 1. The molecule has 0 amide bonds. The molecule has 0 radical (unpaired) electrons. The molecule has 2 aromatic rings. The molecular formula is C19H24N2O5S. The third-order valence-electron chi connectivity index (χ3n) is 4.87. The van der Waals surface area contributed by atoms with E-state index in [9.17, 15) is 18.5 Å². The minimum absolute atomic E-state index is 0.302. The molecule has 2 heterocycles. The lowest BCUT2D eigenvalue weighted by molar-refractivity contribution is -0.387. The van der Waals surface area contributed by atoms with Crippen molar-refractivity contribution in [1.29, 1.82) is 0 Å². The number of aryl methyl sites for hydroxylation is 1. The maximum Gasteiger partial charge on any atom is 0.346 e. The molecule has 0 saturated carbocycles. The summed E-state index contributed by atoms with van der Waals surface area (Å²) in [5, 5.41) is 11.2. The zero-order valence-corrected chi connectivity index (χ0v) is 16.2. The van der Waals surface area contributed by atoms with E-state index in [1.54, 1.807) is 6.07 Å². The van der Waals surface area contributed by atoms with Crippen LogP contribution in [0, 0.1) is 10.1 Å². The van der Waals surface area contributed by atoms with Gasteiger partial charge in [-0.3, -0.25) is 10.1 Å².